The summed E-state index contributed by atoms with van der Waals surface area (Å²) in [5.74, 6) is -3.99. The van der Waals surface area contributed by atoms with Crippen LogP contribution < -0.4 is 9.47 Å². The normalized spacial score (nSPS) is 11.9. The van der Waals surface area contributed by atoms with Gasteiger partial charge < -0.3 is 19.0 Å². The zero-order chi connectivity index (χ0) is 22.9. The van der Waals surface area contributed by atoms with Gasteiger partial charge in [-0.1, -0.05) is 6.07 Å². The van der Waals surface area contributed by atoms with Crippen molar-refractivity contribution in [1.29, 1.82) is 0 Å². The third kappa shape index (κ3) is 4.76. The minimum atomic E-state index is -5.27. The summed E-state index contributed by atoms with van der Waals surface area (Å²) >= 11 is 0. The van der Waals surface area contributed by atoms with E-state index in [9.17, 15) is 22.0 Å². The molecule has 1 heterocycles. The summed E-state index contributed by atoms with van der Waals surface area (Å²) in [6.07, 6.45) is -4.01. The van der Waals surface area contributed by atoms with Crippen molar-refractivity contribution >= 4 is 11.0 Å². The minimum Gasteiger partial charge on any atom is -0.488 e. The second-order valence-corrected chi connectivity index (χ2v) is 7.17. The van der Waals surface area contributed by atoms with Crippen LogP contribution >= 0.6 is 0 Å². The highest BCUT2D eigenvalue weighted by Crippen LogP contribution is 2.38. The van der Waals surface area contributed by atoms with E-state index < -0.39 is 30.4 Å². The second-order valence-electron chi connectivity index (χ2n) is 7.17. The van der Waals surface area contributed by atoms with Crippen LogP contribution in [-0.2, 0) is 13.0 Å². The molecule has 0 amide bonds. The molecule has 0 aliphatic rings. The van der Waals surface area contributed by atoms with Crippen molar-refractivity contribution in [3.63, 3.8) is 0 Å². The fraction of sp³-hybridized carbons (Fsp3) is 0.364. The average Bonchev–Trinajstić information content (AvgIpc) is 3.08. The van der Waals surface area contributed by atoms with Gasteiger partial charge in [0.1, 0.15) is 23.7 Å². The van der Waals surface area contributed by atoms with Crippen molar-refractivity contribution in [2.24, 2.45) is 0 Å². The van der Waals surface area contributed by atoms with Gasteiger partial charge in [-0.05, 0) is 62.4 Å². The average molecular weight is 444 g/mol. The van der Waals surface area contributed by atoms with Crippen molar-refractivity contribution in [2.45, 2.75) is 46.6 Å². The summed E-state index contributed by atoms with van der Waals surface area (Å²) in [6.45, 7) is 4.68. The lowest BCUT2D eigenvalue weighted by Gasteiger charge is -2.16. The molecule has 0 saturated carbocycles. The van der Waals surface area contributed by atoms with E-state index in [0.717, 1.165) is 16.7 Å². The summed E-state index contributed by atoms with van der Waals surface area (Å²) in [5, 5.41) is 8.67. The van der Waals surface area contributed by atoms with Crippen LogP contribution in [0.2, 0.25) is 0 Å². The predicted molar refractivity (Wildman–Crippen MR) is 103 cm³/mol. The Balaban J connectivity index is 1.99. The Labute approximate surface area is 175 Å². The fourth-order valence-corrected chi connectivity index (χ4v) is 3.39. The smallest absolute Gasteiger partial charge is 0.488 e. The number of aryl methyl sites for hydroxylation is 2. The Morgan fingerprint density at radius 2 is 1.74 bits per heavy atom. The Bertz CT molecular complexity index is 1100. The van der Waals surface area contributed by atoms with Crippen LogP contribution in [0.4, 0.5) is 22.0 Å². The molecule has 0 unspecified atom stereocenters. The number of rotatable bonds is 7. The third-order valence-electron chi connectivity index (χ3n) is 5.07. The van der Waals surface area contributed by atoms with E-state index in [2.05, 4.69) is 4.74 Å². The summed E-state index contributed by atoms with van der Waals surface area (Å²) in [4.78, 5) is 0. The number of halogens is 5. The van der Waals surface area contributed by atoms with Gasteiger partial charge in [0.25, 0.3) is 0 Å². The Morgan fingerprint density at radius 3 is 2.39 bits per heavy atom. The number of hydrogen-bond acceptors (Lipinski definition) is 4. The molecular formula is C22H21F5O4. The van der Waals surface area contributed by atoms with Gasteiger partial charge in [0, 0.05) is 6.61 Å². The maximum Gasteiger partial charge on any atom is 0.573 e. The highest BCUT2D eigenvalue weighted by atomic mass is 19.4. The number of ether oxygens (including phenoxy) is 2. The molecular weight excluding hydrogens is 423 g/mol. The molecule has 0 atom stereocenters. The lowest BCUT2D eigenvalue weighted by molar-refractivity contribution is -0.276. The van der Waals surface area contributed by atoms with Gasteiger partial charge in [0.05, 0.1) is 10.9 Å². The summed E-state index contributed by atoms with van der Waals surface area (Å²) < 4.78 is 82.0. The van der Waals surface area contributed by atoms with Crippen LogP contribution in [0.3, 0.4) is 0 Å². The third-order valence-corrected chi connectivity index (χ3v) is 5.07. The molecule has 9 heteroatoms. The molecule has 168 valence electrons. The molecule has 0 radical (unpaired) electrons. The molecule has 3 aromatic rings. The van der Waals surface area contributed by atoms with Crippen molar-refractivity contribution in [3.05, 3.63) is 57.8 Å². The zero-order valence-corrected chi connectivity index (χ0v) is 17.1. The molecule has 3 rings (SSSR count). The Kier molecular flexibility index (Phi) is 6.45. The van der Waals surface area contributed by atoms with Crippen LogP contribution in [0.25, 0.3) is 11.0 Å². The number of furan rings is 1. The zero-order valence-electron chi connectivity index (χ0n) is 17.1. The standard InChI is InChI=1S/C22H21F5O4/c1-11-9-15-18(23)21(31-22(25,26)27)19(24)16(20(15)30-11)10-29-17-7-6-14(5-4-8-28)12(2)13(17)3/h6-7,9,28H,4-5,8,10H2,1-3H3. The SMILES string of the molecule is Cc1cc2c(F)c(OC(F)(F)F)c(F)c(COc3ccc(CCCO)c(C)c3C)c2o1. The number of aliphatic hydroxyl groups is 1. The topological polar surface area (TPSA) is 51.8 Å². The van der Waals surface area contributed by atoms with Gasteiger partial charge >= 0.3 is 6.36 Å². The molecule has 0 aliphatic heterocycles. The van der Waals surface area contributed by atoms with Gasteiger partial charge in [-0.3, -0.25) is 0 Å². The molecule has 31 heavy (non-hydrogen) atoms. The van der Waals surface area contributed by atoms with Crippen LogP contribution in [-0.4, -0.2) is 18.1 Å². The van der Waals surface area contributed by atoms with Crippen molar-refractivity contribution in [2.75, 3.05) is 6.61 Å². The molecule has 4 nitrogen and oxygen atoms in total. The van der Waals surface area contributed by atoms with E-state index >= 15 is 0 Å². The van der Waals surface area contributed by atoms with E-state index in [-0.39, 0.29) is 28.9 Å². The molecule has 0 spiro atoms. The maximum absolute atomic E-state index is 14.9. The monoisotopic (exact) mass is 444 g/mol. The van der Waals surface area contributed by atoms with Crippen molar-refractivity contribution < 1.29 is 40.9 Å². The molecule has 1 aromatic heterocycles. The lowest BCUT2D eigenvalue weighted by Crippen LogP contribution is -2.19. The van der Waals surface area contributed by atoms with Crippen LogP contribution in [0, 0.1) is 32.4 Å². The van der Waals surface area contributed by atoms with Gasteiger partial charge in [-0.15, -0.1) is 13.2 Å². The highest BCUT2D eigenvalue weighted by molar-refractivity contribution is 5.84. The number of hydrogen-bond donors (Lipinski definition) is 1. The maximum atomic E-state index is 14.9. The first kappa shape index (κ1) is 22.9. The number of aliphatic hydroxyl groups excluding tert-OH is 1. The predicted octanol–water partition coefficient (Wildman–Crippen LogP) is 6.04. The largest absolute Gasteiger partial charge is 0.573 e. The first-order valence-corrected chi connectivity index (χ1v) is 9.52. The van der Waals surface area contributed by atoms with E-state index in [4.69, 9.17) is 14.3 Å². The first-order valence-electron chi connectivity index (χ1n) is 9.52. The molecule has 0 fully saturated rings. The fourth-order valence-electron chi connectivity index (χ4n) is 3.39. The van der Waals surface area contributed by atoms with Crippen LogP contribution in [0.5, 0.6) is 11.5 Å². The van der Waals surface area contributed by atoms with E-state index in [1.165, 1.54) is 13.0 Å². The van der Waals surface area contributed by atoms with Crippen molar-refractivity contribution in [3.8, 4) is 11.5 Å². The van der Waals surface area contributed by atoms with Gasteiger partial charge in [-0.25, -0.2) is 8.78 Å². The molecule has 0 saturated heterocycles. The van der Waals surface area contributed by atoms with Crippen LogP contribution in [0.15, 0.2) is 22.6 Å². The summed E-state index contributed by atoms with van der Waals surface area (Å²) in [7, 11) is 0. The molecule has 0 bridgehead atoms. The lowest BCUT2D eigenvalue weighted by atomic mass is 9.99. The van der Waals surface area contributed by atoms with E-state index in [1.54, 1.807) is 19.1 Å². The molecule has 0 aliphatic carbocycles. The number of benzene rings is 2. The van der Waals surface area contributed by atoms with E-state index in [0.29, 0.717) is 18.6 Å². The molecule has 1 N–H and O–H groups in total. The number of alkyl halides is 3. The number of fused-ring (bicyclic) bond motifs is 1. The summed E-state index contributed by atoms with van der Waals surface area (Å²) in [5.41, 5.74) is 2.07. The van der Waals surface area contributed by atoms with E-state index in [1.807, 2.05) is 6.92 Å². The van der Waals surface area contributed by atoms with Gasteiger partial charge in [0.2, 0.25) is 5.75 Å². The van der Waals surface area contributed by atoms with Gasteiger partial charge in [0.15, 0.2) is 11.6 Å². The second kappa shape index (κ2) is 8.74. The summed E-state index contributed by atoms with van der Waals surface area (Å²) in [6, 6.07) is 4.63. The Morgan fingerprint density at radius 1 is 1.03 bits per heavy atom. The quantitative estimate of drug-likeness (QED) is 0.452. The minimum absolute atomic E-state index is 0.0570. The Hall–Kier alpha value is -2.81. The van der Waals surface area contributed by atoms with Gasteiger partial charge in [-0.2, -0.15) is 0 Å². The highest BCUT2D eigenvalue weighted by Gasteiger charge is 2.36. The van der Waals surface area contributed by atoms with Crippen molar-refractivity contribution in [1.82, 2.24) is 0 Å². The first-order chi connectivity index (χ1) is 14.5. The van der Waals surface area contributed by atoms with Crippen LogP contribution in [0.1, 0.15) is 34.4 Å². The molecule has 2 aromatic carbocycles.